The largest absolute Gasteiger partial charge is 0.470 e. The first kappa shape index (κ1) is 21.6. The van der Waals surface area contributed by atoms with E-state index >= 15 is 0 Å². The third-order valence-electron chi connectivity index (χ3n) is 5.26. The quantitative estimate of drug-likeness (QED) is 0.431. The molecule has 0 saturated carbocycles. The topological polar surface area (TPSA) is 74.0 Å². The number of rotatable bonds is 7. The van der Waals surface area contributed by atoms with Crippen molar-refractivity contribution in [1.29, 1.82) is 0 Å². The Hall–Kier alpha value is -3.58. The summed E-state index contributed by atoms with van der Waals surface area (Å²) in [5.41, 5.74) is 5.03. The Morgan fingerprint density at radius 1 is 1.03 bits per heavy atom. The number of hydrogen-bond donors (Lipinski definition) is 1. The van der Waals surface area contributed by atoms with E-state index in [0.29, 0.717) is 28.7 Å². The smallest absolute Gasteiger partial charge is 0.276 e. The van der Waals surface area contributed by atoms with Crippen LogP contribution in [0.4, 0.5) is 5.69 Å². The summed E-state index contributed by atoms with van der Waals surface area (Å²) < 4.78 is 9.11. The van der Waals surface area contributed by atoms with E-state index in [-0.39, 0.29) is 12.6 Å². The molecule has 4 rings (SSSR count). The summed E-state index contributed by atoms with van der Waals surface area (Å²) in [4.78, 5) is 12.8. The van der Waals surface area contributed by atoms with Gasteiger partial charge < -0.3 is 10.1 Å². The van der Waals surface area contributed by atoms with Crippen LogP contribution in [-0.4, -0.2) is 25.5 Å². The molecule has 2 heterocycles. The first-order valence-corrected chi connectivity index (χ1v) is 10.6. The molecule has 7 nitrogen and oxygen atoms in total. The fourth-order valence-electron chi connectivity index (χ4n) is 3.41. The van der Waals surface area contributed by atoms with Crippen LogP contribution in [0.2, 0.25) is 5.02 Å². The van der Waals surface area contributed by atoms with E-state index in [1.165, 1.54) is 11.1 Å². The van der Waals surface area contributed by atoms with Crippen molar-refractivity contribution in [1.82, 2.24) is 19.6 Å². The Bertz CT molecular complexity index is 1260. The van der Waals surface area contributed by atoms with Crippen LogP contribution in [-0.2, 0) is 13.3 Å². The minimum absolute atomic E-state index is 0.142. The molecule has 1 N–H and O–H groups in total. The van der Waals surface area contributed by atoms with Crippen LogP contribution in [0.5, 0.6) is 5.75 Å². The number of nitrogens with zero attached hydrogens (tertiary/aromatic N) is 4. The zero-order chi connectivity index (χ0) is 22.7. The fraction of sp³-hybridized carbons (Fsp3) is 0.208. The van der Waals surface area contributed by atoms with Gasteiger partial charge in [-0.25, -0.2) is 4.68 Å². The average molecular weight is 450 g/mol. The summed E-state index contributed by atoms with van der Waals surface area (Å²) >= 11 is 6.10. The lowest BCUT2D eigenvalue weighted by atomic mass is 10.1. The maximum atomic E-state index is 12.8. The van der Waals surface area contributed by atoms with Crippen molar-refractivity contribution in [3.05, 3.63) is 94.0 Å². The first-order chi connectivity index (χ1) is 15.4. The van der Waals surface area contributed by atoms with Crippen molar-refractivity contribution >= 4 is 23.2 Å². The van der Waals surface area contributed by atoms with Crippen molar-refractivity contribution in [3.63, 3.8) is 0 Å². The normalized spacial score (nSPS) is 10.9. The van der Waals surface area contributed by atoms with Crippen LogP contribution in [0.15, 0.2) is 60.8 Å². The summed E-state index contributed by atoms with van der Waals surface area (Å²) in [6.45, 7) is 6.69. The van der Waals surface area contributed by atoms with Crippen molar-refractivity contribution in [3.8, 4) is 5.75 Å². The molecule has 0 unspecified atom stereocenters. The van der Waals surface area contributed by atoms with Crippen molar-refractivity contribution in [2.75, 3.05) is 5.32 Å². The molecule has 8 heteroatoms. The van der Waals surface area contributed by atoms with Gasteiger partial charge in [0.25, 0.3) is 5.91 Å². The molecule has 0 aliphatic rings. The standard InChI is InChI=1S/C24H24ClN5O2/c1-16-8-4-5-9-19(16)14-30-18(3)23(17(2)27-30)26-24(31)21-12-13-29(28-21)15-32-22-11-7-6-10-20(22)25/h4-13H,14-15H2,1-3H3,(H,26,31). The van der Waals surface area contributed by atoms with Crippen LogP contribution >= 0.6 is 11.6 Å². The fourth-order valence-corrected chi connectivity index (χ4v) is 3.60. The number of halogens is 1. The zero-order valence-electron chi connectivity index (χ0n) is 18.2. The molecule has 0 spiro atoms. The lowest BCUT2D eigenvalue weighted by Crippen LogP contribution is -2.15. The molecule has 1 amide bonds. The van der Waals surface area contributed by atoms with Crippen LogP contribution in [0.25, 0.3) is 0 Å². The third kappa shape index (κ3) is 4.68. The summed E-state index contributed by atoms with van der Waals surface area (Å²) in [6, 6.07) is 17.0. The van der Waals surface area contributed by atoms with Gasteiger partial charge in [0, 0.05) is 6.20 Å². The highest BCUT2D eigenvalue weighted by Crippen LogP contribution is 2.24. The van der Waals surface area contributed by atoms with Crippen molar-refractivity contribution < 1.29 is 9.53 Å². The number of anilines is 1. The summed E-state index contributed by atoms with van der Waals surface area (Å²) in [6.07, 6.45) is 1.69. The Balaban J connectivity index is 1.44. The van der Waals surface area contributed by atoms with E-state index in [2.05, 4.69) is 34.6 Å². The van der Waals surface area contributed by atoms with Gasteiger partial charge in [-0.2, -0.15) is 10.2 Å². The number of carbonyl (C=O) groups is 1. The van der Waals surface area contributed by atoms with Crippen molar-refractivity contribution in [2.45, 2.75) is 34.0 Å². The number of para-hydroxylation sites is 1. The molecule has 4 aromatic rings. The number of ether oxygens (including phenoxy) is 1. The molecule has 2 aromatic carbocycles. The number of hydrogen-bond acceptors (Lipinski definition) is 4. The minimum atomic E-state index is -0.303. The maximum Gasteiger partial charge on any atom is 0.276 e. The van der Waals surface area contributed by atoms with Crippen LogP contribution < -0.4 is 10.1 Å². The molecule has 32 heavy (non-hydrogen) atoms. The Labute approximate surface area is 191 Å². The summed E-state index contributed by atoms with van der Waals surface area (Å²) in [5.74, 6) is 0.256. The molecular formula is C24H24ClN5O2. The third-order valence-corrected chi connectivity index (χ3v) is 5.58. The second-order valence-corrected chi connectivity index (χ2v) is 7.94. The number of aryl methyl sites for hydroxylation is 2. The lowest BCUT2D eigenvalue weighted by molar-refractivity contribution is 0.102. The monoisotopic (exact) mass is 449 g/mol. The molecule has 0 atom stereocenters. The Morgan fingerprint density at radius 3 is 2.56 bits per heavy atom. The van der Waals surface area contributed by atoms with Gasteiger partial charge in [0.2, 0.25) is 0 Å². The average Bonchev–Trinajstić information content (AvgIpc) is 3.35. The minimum Gasteiger partial charge on any atom is -0.470 e. The summed E-state index contributed by atoms with van der Waals surface area (Å²) in [5, 5.41) is 12.4. The molecule has 0 fully saturated rings. The van der Waals surface area contributed by atoms with Gasteiger partial charge >= 0.3 is 0 Å². The van der Waals surface area contributed by atoms with Gasteiger partial charge in [0.15, 0.2) is 12.4 Å². The Kier molecular flexibility index (Phi) is 6.28. The van der Waals surface area contributed by atoms with E-state index in [1.807, 2.05) is 42.8 Å². The van der Waals surface area contributed by atoms with E-state index in [1.54, 1.807) is 29.1 Å². The Morgan fingerprint density at radius 2 is 1.78 bits per heavy atom. The predicted octanol–water partition coefficient (Wildman–Crippen LogP) is 5.00. The molecule has 0 aliphatic heterocycles. The van der Waals surface area contributed by atoms with Gasteiger partial charge in [-0.05, 0) is 50.1 Å². The highest BCUT2D eigenvalue weighted by molar-refractivity contribution is 6.32. The molecule has 2 aromatic heterocycles. The van der Waals surface area contributed by atoms with E-state index in [9.17, 15) is 4.79 Å². The summed E-state index contributed by atoms with van der Waals surface area (Å²) in [7, 11) is 0. The highest BCUT2D eigenvalue weighted by Gasteiger charge is 2.17. The van der Waals surface area contributed by atoms with Gasteiger partial charge in [0.1, 0.15) is 5.75 Å². The number of amides is 1. The first-order valence-electron chi connectivity index (χ1n) is 10.2. The van der Waals surface area contributed by atoms with Gasteiger partial charge in [-0.15, -0.1) is 0 Å². The number of nitrogens with one attached hydrogen (secondary N) is 1. The van der Waals surface area contributed by atoms with Gasteiger partial charge in [-0.1, -0.05) is 48.0 Å². The number of benzene rings is 2. The molecule has 0 aliphatic carbocycles. The van der Waals surface area contributed by atoms with Crippen molar-refractivity contribution in [2.24, 2.45) is 0 Å². The van der Waals surface area contributed by atoms with Gasteiger partial charge in [0.05, 0.1) is 28.6 Å². The molecular weight excluding hydrogens is 426 g/mol. The van der Waals surface area contributed by atoms with Crippen LogP contribution in [0.3, 0.4) is 0 Å². The lowest BCUT2D eigenvalue weighted by Gasteiger charge is -2.09. The van der Waals surface area contributed by atoms with E-state index < -0.39 is 0 Å². The predicted molar refractivity (Wildman–Crippen MR) is 124 cm³/mol. The molecule has 0 radical (unpaired) electrons. The second kappa shape index (κ2) is 9.28. The SMILES string of the molecule is Cc1ccccc1Cn1nc(C)c(NC(=O)c2ccn(COc3ccccc3Cl)n2)c1C. The van der Waals surface area contributed by atoms with Crippen LogP contribution in [0, 0.1) is 20.8 Å². The highest BCUT2D eigenvalue weighted by atomic mass is 35.5. The maximum absolute atomic E-state index is 12.8. The van der Waals surface area contributed by atoms with E-state index in [4.69, 9.17) is 16.3 Å². The van der Waals surface area contributed by atoms with E-state index in [0.717, 1.165) is 11.4 Å². The zero-order valence-corrected chi connectivity index (χ0v) is 18.9. The molecule has 0 bridgehead atoms. The number of carbonyl (C=O) groups excluding carboxylic acids is 1. The second-order valence-electron chi connectivity index (χ2n) is 7.53. The van der Waals surface area contributed by atoms with Crippen LogP contribution in [0.1, 0.15) is 33.0 Å². The number of aromatic nitrogens is 4. The molecule has 164 valence electrons. The van der Waals surface area contributed by atoms with Gasteiger partial charge in [-0.3, -0.25) is 9.48 Å². The molecule has 0 saturated heterocycles.